The van der Waals surface area contributed by atoms with E-state index >= 15 is 0 Å². The predicted molar refractivity (Wildman–Crippen MR) is 62.1 cm³/mol. The highest BCUT2D eigenvalue weighted by atomic mass is 16.5. The monoisotopic (exact) mass is 212 g/mol. The lowest BCUT2D eigenvalue weighted by Gasteiger charge is -2.42. The topological polar surface area (TPSA) is 24.5 Å². The molecule has 3 heteroatoms. The quantitative estimate of drug-likeness (QED) is 0.762. The SMILES string of the molecule is CN[C@H]1CCC[C@H](OC)[C@@H]1N1CCCC1. The molecule has 2 aliphatic rings. The maximum absolute atomic E-state index is 5.67. The Labute approximate surface area is 93.2 Å². The van der Waals surface area contributed by atoms with Gasteiger partial charge in [-0.15, -0.1) is 0 Å². The van der Waals surface area contributed by atoms with Crippen LogP contribution in [-0.4, -0.2) is 50.3 Å². The highest BCUT2D eigenvalue weighted by molar-refractivity contribution is 4.95. The fraction of sp³-hybridized carbons (Fsp3) is 1.00. The summed E-state index contributed by atoms with van der Waals surface area (Å²) in [6.07, 6.45) is 7.00. The lowest BCUT2D eigenvalue weighted by molar-refractivity contribution is -0.0174. The minimum absolute atomic E-state index is 0.439. The van der Waals surface area contributed by atoms with Gasteiger partial charge < -0.3 is 10.1 Å². The zero-order chi connectivity index (χ0) is 10.7. The maximum Gasteiger partial charge on any atom is 0.0741 e. The van der Waals surface area contributed by atoms with Crippen molar-refractivity contribution in [1.82, 2.24) is 10.2 Å². The van der Waals surface area contributed by atoms with Crippen molar-refractivity contribution in [2.75, 3.05) is 27.2 Å². The van der Waals surface area contributed by atoms with Crippen LogP contribution in [0.4, 0.5) is 0 Å². The molecule has 0 aromatic heterocycles. The van der Waals surface area contributed by atoms with Gasteiger partial charge in [0, 0.05) is 13.2 Å². The second-order valence-electron chi connectivity index (χ2n) is 4.83. The number of methoxy groups -OCH3 is 1. The Morgan fingerprint density at radius 1 is 1.13 bits per heavy atom. The molecule has 2 rings (SSSR count). The van der Waals surface area contributed by atoms with Crippen LogP contribution in [0.5, 0.6) is 0 Å². The Morgan fingerprint density at radius 3 is 2.47 bits per heavy atom. The molecule has 0 bridgehead atoms. The molecule has 0 aromatic carbocycles. The molecule has 0 aromatic rings. The number of nitrogens with zero attached hydrogens (tertiary/aromatic N) is 1. The van der Waals surface area contributed by atoms with E-state index in [0.717, 1.165) is 0 Å². The first-order valence-electron chi connectivity index (χ1n) is 6.31. The summed E-state index contributed by atoms with van der Waals surface area (Å²) in [5.41, 5.74) is 0. The van der Waals surface area contributed by atoms with Crippen molar-refractivity contribution in [3.8, 4) is 0 Å². The van der Waals surface area contributed by atoms with Crippen molar-refractivity contribution in [1.29, 1.82) is 0 Å². The largest absolute Gasteiger partial charge is 0.380 e. The Morgan fingerprint density at radius 2 is 1.87 bits per heavy atom. The molecule has 1 saturated carbocycles. The van der Waals surface area contributed by atoms with Gasteiger partial charge in [0.15, 0.2) is 0 Å². The third-order valence-corrected chi connectivity index (χ3v) is 4.03. The minimum atomic E-state index is 0.439. The molecule has 2 fully saturated rings. The summed E-state index contributed by atoms with van der Waals surface area (Å²) in [6.45, 7) is 2.53. The van der Waals surface area contributed by atoms with E-state index in [1.54, 1.807) is 0 Å². The number of hydrogen-bond acceptors (Lipinski definition) is 3. The lowest BCUT2D eigenvalue weighted by atomic mass is 9.86. The number of likely N-dealkylation sites (tertiary alicyclic amines) is 1. The van der Waals surface area contributed by atoms with Gasteiger partial charge in [-0.25, -0.2) is 0 Å². The van der Waals surface area contributed by atoms with Gasteiger partial charge in [0.25, 0.3) is 0 Å². The van der Waals surface area contributed by atoms with Crippen molar-refractivity contribution in [2.45, 2.75) is 50.3 Å². The van der Waals surface area contributed by atoms with Crippen LogP contribution in [0.25, 0.3) is 0 Å². The summed E-state index contributed by atoms with van der Waals surface area (Å²) in [7, 11) is 3.96. The summed E-state index contributed by atoms with van der Waals surface area (Å²) >= 11 is 0. The average Bonchev–Trinajstić information content (AvgIpc) is 2.81. The van der Waals surface area contributed by atoms with Crippen LogP contribution in [0, 0.1) is 0 Å². The molecule has 0 radical (unpaired) electrons. The fourth-order valence-electron chi connectivity index (χ4n) is 3.24. The summed E-state index contributed by atoms with van der Waals surface area (Å²) in [6, 6.07) is 1.23. The minimum Gasteiger partial charge on any atom is -0.380 e. The molecule has 1 aliphatic carbocycles. The van der Waals surface area contributed by atoms with E-state index in [4.69, 9.17) is 4.74 Å². The highest BCUT2D eigenvalue weighted by Gasteiger charge is 2.37. The van der Waals surface area contributed by atoms with Crippen molar-refractivity contribution in [3.63, 3.8) is 0 Å². The van der Waals surface area contributed by atoms with Gasteiger partial charge in [-0.05, 0) is 52.2 Å². The standard InChI is InChI=1S/C12H24N2O/c1-13-10-6-5-7-11(15-2)12(10)14-8-3-4-9-14/h10-13H,3-9H2,1-2H3/t10-,11-,12+/m0/s1. The van der Waals surface area contributed by atoms with Crippen LogP contribution in [0.1, 0.15) is 32.1 Å². The first kappa shape index (κ1) is 11.4. The van der Waals surface area contributed by atoms with Crippen molar-refractivity contribution < 1.29 is 4.74 Å². The molecular weight excluding hydrogens is 188 g/mol. The van der Waals surface area contributed by atoms with E-state index in [1.165, 1.54) is 45.2 Å². The van der Waals surface area contributed by atoms with Gasteiger partial charge in [-0.2, -0.15) is 0 Å². The molecule has 1 saturated heterocycles. The molecule has 0 spiro atoms. The molecule has 88 valence electrons. The van der Waals surface area contributed by atoms with Gasteiger partial charge in [-0.3, -0.25) is 4.90 Å². The van der Waals surface area contributed by atoms with Crippen molar-refractivity contribution in [3.05, 3.63) is 0 Å². The van der Waals surface area contributed by atoms with Gasteiger partial charge in [-0.1, -0.05) is 0 Å². The van der Waals surface area contributed by atoms with E-state index in [-0.39, 0.29) is 0 Å². The van der Waals surface area contributed by atoms with Crippen LogP contribution in [0.3, 0.4) is 0 Å². The van der Waals surface area contributed by atoms with E-state index in [1.807, 2.05) is 7.11 Å². The summed E-state index contributed by atoms with van der Waals surface area (Å²) in [5, 5.41) is 3.47. The fourth-order valence-corrected chi connectivity index (χ4v) is 3.24. The van der Waals surface area contributed by atoms with Crippen molar-refractivity contribution in [2.24, 2.45) is 0 Å². The molecule has 0 unspecified atom stereocenters. The Balaban J connectivity index is 2.05. The van der Waals surface area contributed by atoms with Gasteiger partial charge in [0.2, 0.25) is 0 Å². The molecule has 15 heavy (non-hydrogen) atoms. The van der Waals surface area contributed by atoms with Crippen LogP contribution < -0.4 is 5.32 Å². The normalized spacial score (nSPS) is 38.4. The second kappa shape index (κ2) is 5.28. The Kier molecular flexibility index (Phi) is 4.00. The van der Waals surface area contributed by atoms with Crippen LogP contribution in [-0.2, 0) is 4.74 Å². The van der Waals surface area contributed by atoms with E-state index < -0.39 is 0 Å². The van der Waals surface area contributed by atoms with Crippen LogP contribution in [0.2, 0.25) is 0 Å². The third-order valence-electron chi connectivity index (χ3n) is 4.03. The molecule has 3 nitrogen and oxygen atoms in total. The summed E-state index contributed by atoms with van der Waals surface area (Å²) in [5.74, 6) is 0. The Bertz CT molecular complexity index is 177. The number of likely N-dealkylation sites (N-methyl/N-ethyl adjacent to an activating group) is 1. The predicted octanol–water partition coefficient (Wildman–Crippen LogP) is 1.24. The van der Waals surface area contributed by atoms with Crippen molar-refractivity contribution >= 4 is 0 Å². The highest BCUT2D eigenvalue weighted by Crippen LogP contribution is 2.28. The summed E-state index contributed by atoms with van der Waals surface area (Å²) in [4.78, 5) is 2.63. The first-order chi connectivity index (χ1) is 7.36. The van der Waals surface area contributed by atoms with E-state index in [2.05, 4.69) is 17.3 Å². The molecule has 0 amide bonds. The maximum atomic E-state index is 5.67. The smallest absolute Gasteiger partial charge is 0.0741 e. The summed E-state index contributed by atoms with van der Waals surface area (Å²) < 4.78 is 5.67. The number of hydrogen-bond donors (Lipinski definition) is 1. The van der Waals surface area contributed by atoms with E-state index in [0.29, 0.717) is 18.2 Å². The van der Waals surface area contributed by atoms with Crippen LogP contribution >= 0.6 is 0 Å². The second-order valence-corrected chi connectivity index (χ2v) is 4.83. The molecule has 1 N–H and O–H groups in total. The molecule has 1 aliphatic heterocycles. The van der Waals surface area contributed by atoms with E-state index in [9.17, 15) is 0 Å². The number of nitrogens with one attached hydrogen (secondary N) is 1. The van der Waals surface area contributed by atoms with Crippen LogP contribution in [0.15, 0.2) is 0 Å². The van der Waals surface area contributed by atoms with Gasteiger partial charge >= 0.3 is 0 Å². The first-order valence-corrected chi connectivity index (χ1v) is 6.31. The zero-order valence-electron chi connectivity index (χ0n) is 10.0. The average molecular weight is 212 g/mol. The molecular formula is C12H24N2O. The van der Waals surface area contributed by atoms with Gasteiger partial charge in [0.1, 0.15) is 0 Å². The lowest BCUT2D eigenvalue weighted by Crippen LogP contribution is -2.57. The third kappa shape index (κ3) is 2.35. The van der Waals surface area contributed by atoms with Gasteiger partial charge in [0.05, 0.1) is 12.1 Å². The molecule has 1 heterocycles. The Hall–Kier alpha value is -0.120. The zero-order valence-corrected chi connectivity index (χ0v) is 10.0. The molecule has 3 atom stereocenters. The number of ether oxygens (including phenoxy) is 1. The number of rotatable bonds is 3.